The highest BCUT2D eigenvalue weighted by Crippen LogP contribution is 2.28. The lowest BCUT2D eigenvalue weighted by Crippen LogP contribution is -2.09. The Morgan fingerprint density at radius 1 is 1.36 bits per heavy atom. The minimum absolute atomic E-state index is 0.552. The van der Waals surface area contributed by atoms with Crippen LogP contribution in [0.2, 0.25) is 0 Å². The van der Waals surface area contributed by atoms with Gasteiger partial charge in [-0.1, -0.05) is 37.3 Å². The van der Waals surface area contributed by atoms with E-state index in [2.05, 4.69) is 5.16 Å². The van der Waals surface area contributed by atoms with Crippen LogP contribution in [0, 0.1) is 12.8 Å². The second-order valence-corrected chi connectivity index (χ2v) is 4.32. The molecular weight excluding hydrogens is 176 g/mol. The summed E-state index contributed by atoms with van der Waals surface area (Å²) in [5, 5.41) is 3.78. The maximum Gasteiger partial charge on any atom is 0.169 e. The van der Waals surface area contributed by atoms with Crippen molar-refractivity contribution in [3.63, 3.8) is 0 Å². The van der Waals surface area contributed by atoms with E-state index in [-0.39, 0.29) is 0 Å². The van der Waals surface area contributed by atoms with Gasteiger partial charge in [0.1, 0.15) is 5.76 Å². The molecule has 2 N–H and O–H groups in total. The lowest BCUT2D eigenvalue weighted by molar-refractivity contribution is 0.309. The Hall–Kier alpha value is -0.990. The van der Waals surface area contributed by atoms with E-state index in [0.29, 0.717) is 5.82 Å². The molecule has 0 saturated heterocycles. The van der Waals surface area contributed by atoms with Gasteiger partial charge in [0, 0.05) is 12.0 Å². The summed E-state index contributed by atoms with van der Waals surface area (Å²) in [6.07, 6.45) is 7.82. The molecular formula is C11H18N2O. The number of nitrogens with zero attached hydrogens (tertiary/aromatic N) is 1. The van der Waals surface area contributed by atoms with Crippen LogP contribution in [0.3, 0.4) is 0 Å². The molecule has 0 radical (unpaired) electrons. The number of anilines is 1. The number of aromatic nitrogens is 1. The smallest absolute Gasteiger partial charge is 0.169 e. The molecule has 0 amide bonds. The molecule has 1 heterocycles. The molecule has 1 aliphatic carbocycles. The van der Waals surface area contributed by atoms with E-state index in [0.717, 1.165) is 23.7 Å². The first kappa shape index (κ1) is 9.56. The van der Waals surface area contributed by atoms with E-state index >= 15 is 0 Å². The summed E-state index contributed by atoms with van der Waals surface area (Å²) in [5.41, 5.74) is 6.68. The SMILES string of the molecule is Cc1c(N)noc1CC1CCCCC1. The highest BCUT2D eigenvalue weighted by Gasteiger charge is 2.18. The summed E-state index contributed by atoms with van der Waals surface area (Å²) in [7, 11) is 0. The Balaban J connectivity index is 1.99. The Kier molecular flexibility index (Phi) is 2.75. The molecule has 0 aliphatic heterocycles. The summed E-state index contributed by atoms with van der Waals surface area (Å²) in [6, 6.07) is 0. The van der Waals surface area contributed by atoms with Crippen molar-refractivity contribution in [1.82, 2.24) is 5.16 Å². The van der Waals surface area contributed by atoms with Gasteiger partial charge in [-0.05, 0) is 12.8 Å². The zero-order chi connectivity index (χ0) is 9.97. The third-order valence-corrected chi connectivity index (χ3v) is 3.26. The average Bonchev–Trinajstić information content (AvgIpc) is 2.52. The third kappa shape index (κ3) is 1.91. The third-order valence-electron chi connectivity index (χ3n) is 3.26. The fraction of sp³-hybridized carbons (Fsp3) is 0.727. The predicted octanol–water partition coefficient (Wildman–Crippen LogP) is 2.69. The topological polar surface area (TPSA) is 52.0 Å². The van der Waals surface area contributed by atoms with Gasteiger partial charge in [-0.25, -0.2) is 0 Å². The van der Waals surface area contributed by atoms with Gasteiger partial charge in [-0.3, -0.25) is 0 Å². The number of rotatable bonds is 2. The summed E-state index contributed by atoms with van der Waals surface area (Å²) < 4.78 is 5.22. The van der Waals surface area contributed by atoms with Crippen LogP contribution in [0.25, 0.3) is 0 Å². The van der Waals surface area contributed by atoms with Crippen LogP contribution < -0.4 is 5.73 Å². The van der Waals surface area contributed by atoms with E-state index in [4.69, 9.17) is 10.3 Å². The molecule has 1 aromatic rings. The molecule has 3 nitrogen and oxygen atoms in total. The Morgan fingerprint density at radius 3 is 2.64 bits per heavy atom. The van der Waals surface area contributed by atoms with Crippen molar-refractivity contribution >= 4 is 5.82 Å². The molecule has 0 unspecified atom stereocenters. The van der Waals surface area contributed by atoms with Crippen molar-refractivity contribution < 1.29 is 4.52 Å². The number of hydrogen-bond acceptors (Lipinski definition) is 3. The van der Waals surface area contributed by atoms with Crippen LogP contribution >= 0.6 is 0 Å². The molecule has 0 atom stereocenters. The quantitative estimate of drug-likeness (QED) is 0.787. The molecule has 1 fully saturated rings. The number of hydrogen-bond donors (Lipinski definition) is 1. The van der Waals surface area contributed by atoms with Crippen molar-refractivity contribution in [2.75, 3.05) is 5.73 Å². The van der Waals surface area contributed by atoms with Crippen LogP contribution in [0.15, 0.2) is 4.52 Å². The lowest BCUT2D eigenvalue weighted by atomic mass is 9.86. The normalized spacial score (nSPS) is 18.6. The largest absolute Gasteiger partial charge is 0.381 e. The van der Waals surface area contributed by atoms with Gasteiger partial charge in [-0.2, -0.15) is 0 Å². The van der Waals surface area contributed by atoms with Crippen LogP contribution in [-0.2, 0) is 6.42 Å². The van der Waals surface area contributed by atoms with E-state index in [1.165, 1.54) is 32.1 Å². The molecule has 2 rings (SSSR count). The van der Waals surface area contributed by atoms with Crippen molar-refractivity contribution in [2.24, 2.45) is 5.92 Å². The van der Waals surface area contributed by atoms with Crippen molar-refractivity contribution in [2.45, 2.75) is 45.4 Å². The second-order valence-electron chi connectivity index (χ2n) is 4.32. The first-order valence-corrected chi connectivity index (χ1v) is 5.48. The van der Waals surface area contributed by atoms with Gasteiger partial charge >= 0.3 is 0 Å². The molecule has 3 heteroatoms. The maximum atomic E-state index is 5.64. The fourth-order valence-corrected chi connectivity index (χ4v) is 2.23. The molecule has 14 heavy (non-hydrogen) atoms. The predicted molar refractivity (Wildman–Crippen MR) is 55.9 cm³/mol. The van der Waals surface area contributed by atoms with Crippen molar-refractivity contribution in [1.29, 1.82) is 0 Å². The number of nitrogen functional groups attached to an aromatic ring is 1. The van der Waals surface area contributed by atoms with Gasteiger partial charge in [0.05, 0.1) is 0 Å². The lowest BCUT2D eigenvalue weighted by Gasteiger charge is -2.20. The van der Waals surface area contributed by atoms with E-state index in [1.54, 1.807) is 0 Å². The molecule has 1 saturated carbocycles. The van der Waals surface area contributed by atoms with Gasteiger partial charge in [0.15, 0.2) is 5.82 Å². The van der Waals surface area contributed by atoms with Crippen molar-refractivity contribution in [3.05, 3.63) is 11.3 Å². The minimum Gasteiger partial charge on any atom is -0.381 e. The average molecular weight is 194 g/mol. The van der Waals surface area contributed by atoms with E-state index in [1.807, 2.05) is 6.92 Å². The van der Waals surface area contributed by atoms with Crippen LogP contribution in [-0.4, -0.2) is 5.16 Å². The van der Waals surface area contributed by atoms with Gasteiger partial charge in [0.25, 0.3) is 0 Å². The van der Waals surface area contributed by atoms with Crippen LogP contribution in [0.1, 0.15) is 43.4 Å². The van der Waals surface area contributed by atoms with Crippen LogP contribution in [0.5, 0.6) is 0 Å². The monoisotopic (exact) mass is 194 g/mol. The fourth-order valence-electron chi connectivity index (χ4n) is 2.23. The molecule has 0 aromatic carbocycles. The zero-order valence-electron chi connectivity index (χ0n) is 8.75. The highest BCUT2D eigenvalue weighted by molar-refractivity contribution is 5.38. The van der Waals surface area contributed by atoms with Crippen LogP contribution in [0.4, 0.5) is 5.82 Å². The Labute approximate surface area is 84.7 Å². The Morgan fingerprint density at radius 2 is 2.07 bits per heavy atom. The highest BCUT2D eigenvalue weighted by atomic mass is 16.5. The first-order valence-electron chi connectivity index (χ1n) is 5.48. The van der Waals surface area contributed by atoms with Gasteiger partial charge in [0.2, 0.25) is 0 Å². The van der Waals surface area contributed by atoms with E-state index in [9.17, 15) is 0 Å². The molecule has 0 bridgehead atoms. The Bertz CT molecular complexity index is 300. The second kappa shape index (κ2) is 4.03. The number of nitrogens with two attached hydrogens (primary N) is 1. The van der Waals surface area contributed by atoms with Gasteiger partial charge in [-0.15, -0.1) is 0 Å². The van der Waals surface area contributed by atoms with E-state index < -0.39 is 0 Å². The van der Waals surface area contributed by atoms with Crippen molar-refractivity contribution in [3.8, 4) is 0 Å². The maximum absolute atomic E-state index is 5.64. The molecule has 1 aliphatic rings. The summed E-state index contributed by atoms with van der Waals surface area (Å²) in [4.78, 5) is 0. The molecule has 1 aromatic heterocycles. The summed E-state index contributed by atoms with van der Waals surface area (Å²) in [5.74, 6) is 2.33. The summed E-state index contributed by atoms with van der Waals surface area (Å²) in [6.45, 7) is 1.99. The van der Waals surface area contributed by atoms with Gasteiger partial charge < -0.3 is 10.3 Å². The summed E-state index contributed by atoms with van der Waals surface area (Å²) >= 11 is 0. The molecule has 0 spiro atoms. The minimum atomic E-state index is 0.552. The molecule has 78 valence electrons. The first-order chi connectivity index (χ1) is 6.77. The standard InChI is InChI=1S/C11H18N2O/c1-8-10(14-13-11(8)12)7-9-5-3-2-4-6-9/h9H,2-7H2,1H3,(H2,12,13). The zero-order valence-corrected chi connectivity index (χ0v) is 8.75.